The Hall–Kier alpha value is -1.84. The number of anilines is 1. The van der Waals surface area contributed by atoms with Crippen molar-refractivity contribution in [1.82, 2.24) is 0 Å². The summed E-state index contributed by atoms with van der Waals surface area (Å²) in [6.45, 7) is 3.81. The summed E-state index contributed by atoms with van der Waals surface area (Å²) in [6, 6.07) is 5.45. The fraction of sp³-hybridized carbons (Fsp3) is 0.385. The highest BCUT2D eigenvalue weighted by molar-refractivity contribution is 6.07. The highest BCUT2D eigenvalue weighted by Gasteiger charge is 2.42. The zero-order valence-electron chi connectivity index (χ0n) is 10.2. The van der Waals surface area contributed by atoms with Gasteiger partial charge in [-0.3, -0.25) is 9.59 Å². The standard InChI is InChI=1S/C13H15NO3/c1-13(2)10-8-9(17-7-6-15)4-5-11(10)14(3)12(13)16/h4-6,8H,7H2,1-3H3. The third kappa shape index (κ3) is 1.69. The second kappa shape index (κ2) is 3.87. The smallest absolute Gasteiger partial charge is 0.236 e. The van der Waals surface area contributed by atoms with Gasteiger partial charge in [0.25, 0.3) is 0 Å². The third-order valence-electron chi connectivity index (χ3n) is 3.16. The van der Waals surface area contributed by atoms with Gasteiger partial charge in [0, 0.05) is 12.7 Å². The number of aldehydes is 1. The highest BCUT2D eigenvalue weighted by atomic mass is 16.5. The van der Waals surface area contributed by atoms with E-state index in [0.29, 0.717) is 12.0 Å². The van der Waals surface area contributed by atoms with Crippen LogP contribution in [0.25, 0.3) is 0 Å². The summed E-state index contributed by atoms with van der Waals surface area (Å²) in [5.74, 6) is 0.687. The molecule has 1 aromatic carbocycles. The molecule has 0 aliphatic carbocycles. The van der Waals surface area contributed by atoms with E-state index in [9.17, 15) is 9.59 Å². The van der Waals surface area contributed by atoms with Gasteiger partial charge in [0.1, 0.15) is 12.4 Å². The van der Waals surface area contributed by atoms with Gasteiger partial charge in [-0.15, -0.1) is 0 Å². The molecule has 2 rings (SSSR count). The van der Waals surface area contributed by atoms with Crippen molar-refractivity contribution in [2.75, 3.05) is 18.6 Å². The molecule has 17 heavy (non-hydrogen) atoms. The first-order valence-corrected chi connectivity index (χ1v) is 5.47. The number of likely N-dealkylation sites (N-methyl/N-ethyl adjacent to an activating group) is 1. The van der Waals surface area contributed by atoms with Crippen LogP contribution in [0.2, 0.25) is 0 Å². The molecule has 0 bridgehead atoms. The van der Waals surface area contributed by atoms with Gasteiger partial charge in [0.2, 0.25) is 5.91 Å². The molecule has 90 valence electrons. The largest absolute Gasteiger partial charge is 0.486 e. The van der Waals surface area contributed by atoms with E-state index < -0.39 is 5.41 Å². The van der Waals surface area contributed by atoms with Gasteiger partial charge in [0.05, 0.1) is 5.41 Å². The van der Waals surface area contributed by atoms with Crippen LogP contribution < -0.4 is 9.64 Å². The van der Waals surface area contributed by atoms with E-state index in [2.05, 4.69) is 0 Å². The molecule has 0 atom stereocenters. The first-order valence-electron chi connectivity index (χ1n) is 5.47. The van der Waals surface area contributed by atoms with Crippen molar-refractivity contribution >= 4 is 17.9 Å². The van der Waals surface area contributed by atoms with E-state index in [0.717, 1.165) is 11.3 Å². The predicted octanol–water partition coefficient (Wildman–Crippen LogP) is 1.52. The second-order valence-electron chi connectivity index (χ2n) is 4.65. The van der Waals surface area contributed by atoms with E-state index in [1.807, 2.05) is 26.0 Å². The Morgan fingerprint density at radius 1 is 1.41 bits per heavy atom. The summed E-state index contributed by atoms with van der Waals surface area (Å²) in [4.78, 5) is 23.9. The summed E-state index contributed by atoms with van der Waals surface area (Å²) in [6.07, 6.45) is 0.704. The average molecular weight is 233 g/mol. The highest BCUT2D eigenvalue weighted by Crippen LogP contribution is 2.42. The Bertz CT molecular complexity index is 480. The zero-order valence-corrected chi connectivity index (χ0v) is 10.2. The van der Waals surface area contributed by atoms with E-state index in [1.54, 1.807) is 18.0 Å². The number of rotatable bonds is 3. The van der Waals surface area contributed by atoms with Crippen molar-refractivity contribution in [2.45, 2.75) is 19.3 Å². The Labute approximate surface area is 100 Å². The molecule has 0 saturated heterocycles. The van der Waals surface area contributed by atoms with Crippen molar-refractivity contribution in [1.29, 1.82) is 0 Å². The fourth-order valence-corrected chi connectivity index (χ4v) is 2.17. The SMILES string of the molecule is CN1C(=O)C(C)(C)c2cc(OCC=O)ccc21. The molecule has 4 nitrogen and oxygen atoms in total. The van der Waals surface area contributed by atoms with Gasteiger partial charge in [-0.2, -0.15) is 0 Å². The second-order valence-corrected chi connectivity index (χ2v) is 4.65. The monoisotopic (exact) mass is 233 g/mol. The molecule has 0 fully saturated rings. The van der Waals surface area contributed by atoms with Crippen LogP contribution in [-0.4, -0.2) is 25.8 Å². The Balaban J connectivity index is 2.43. The molecule has 1 heterocycles. The molecular weight excluding hydrogens is 218 g/mol. The van der Waals surface area contributed by atoms with Crippen LogP contribution in [0, 0.1) is 0 Å². The van der Waals surface area contributed by atoms with Crippen molar-refractivity contribution in [3.8, 4) is 5.75 Å². The summed E-state index contributed by atoms with van der Waals surface area (Å²) >= 11 is 0. The molecule has 0 aromatic heterocycles. The third-order valence-corrected chi connectivity index (χ3v) is 3.16. The number of carbonyl (C=O) groups excluding carboxylic acids is 2. The van der Waals surface area contributed by atoms with Gasteiger partial charge >= 0.3 is 0 Å². The number of fused-ring (bicyclic) bond motifs is 1. The average Bonchev–Trinajstić information content (AvgIpc) is 2.49. The Kier molecular flexibility index (Phi) is 2.65. The first-order chi connectivity index (χ1) is 7.98. The number of hydrogen-bond acceptors (Lipinski definition) is 3. The predicted molar refractivity (Wildman–Crippen MR) is 64.4 cm³/mol. The van der Waals surface area contributed by atoms with Crippen LogP contribution in [0.1, 0.15) is 19.4 Å². The van der Waals surface area contributed by atoms with Crippen LogP contribution >= 0.6 is 0 Å². The first kappa shape index (κ1) is 11.6. The van der Waals surface area contributed by atoms with Crippen molar-refractivity contribution in [2.24, 2.45) is 0 Å². The molecule has 1 aliphatic heterocycles. The van der Waals surface area contributed by atoms with Crippen LogP contribution in [0.5, 0.6) is 5.75 Å². The quantitative estimate of drug-likeness (QED) is 0.743. The maximum atomic E-state index is 12.0. The molecule has 0 radical (unpaired) electrons. The Morgan fingerprint density at radius 3 is 2.76 bits per heavy atom. The molecule has 4 heteroatoms. The minimum absolute atomic E-state index is 0.0308. The maximum Gasteiger partial charge on any atom is 0.236 e. The number of hydrogen-bond donors (Lipinski definition) is 0. The summed E-state index contributed by atoms with van der Waals surface area (Å²) in [5.41, 5.74) is 1.30. The molecule has 1 aromatic rings. The van der Waals surface area contributed by atoms with Crippen molar-refractivity contribution in [3.05, 3.63) is 23.8 Å². The molecule has 0 saturated carbocycles. The molecule has 0 unspecified atom stereocenters. The summed E-state index contributed by atoms with van der Waals surface area (Å²) in [7, 11) is 1.77. The van der Waals surface area contributed by atoms with Gasteiger partial charge < -0.3 is 9.64 Å². The van der Waals surface area contributed by atoms with E-state index in [1.165, 1.54) is 0 Å². The topological polar surface area (TPSA) is 46.6 Å². The van der Waals surface area contributed by atoms with E-state index in [-0.39, 0.29) is 12.5 Å². The fourth-order valence-electron chi connectivity index (χ4n) is 2.17. The molecule has 0 spiro atoms. The maximum absolute atomic E-state index is 12.0. The summed E-state index contributed by atoms with van der Waals surface area (Å²) in [5, 5.41) is 0. The lowest BCUT2D eigenvalue weighted by Crippen LogP contribution is -2.33. The minimum Gasteiger partial charge on any atom is -0.486 e. The minimum atomic E-state index is -0.537. The van der Waals surface area contributed by atoms with Gasteiger partial charge in [-0.05, 0) is 37.6 Å². The number of ether oxygens (including phenoxy) is 1. The van der Waals surface area contributed by atoms with Crippen molar-refractivity contribution < 1.29 is 14.3 Å². The number of benzene rings is 1. The van der Waals surface area contributed by atoms with Crippen LogP contribution in [0.15, 0.2) is 18.2 Å². The Morgan fingerprint density at radius 2 is 2.12 bits per heavy atom. The van der Waals surface area contributed by atoms with Crippen LogP contribution in [0.4, 0.5) is 5.69 Å². The van der Waals surface area contributed by atoms with E-state index in [4.69, 9.17) is 4.74 Å². The number of carbonyl (C=O) groups is 2. The number of nitrogens with zero attached hydrogens (tertiary/aromatic N) is 1. The van der Waals surface area contributed by atoms with Gasteiger partial charge in [0.15, 0.2) is 6.29 Å². The zero-order chi connectivity index (χ0) is 12.6. The van der Waals surface area contributed by atoms with E-state index >= 15 is 0 Å². The summed E-state index contributed by atoms with van der Waals surface area (Å²) < 4.78 is 5.25. The lowest BCUT2D eigenvalue weighted by molar-refractivity contribution is -0.121. The lowest BCUT2D eigenvalue weighted by Gasteiger charge is -2.16. The number of amides is 1. The normalized spacial score (nSPS) is 16.9. The van der Waals surface area contributed by atoms with Gasteiger partial charge in [-0.25, -0.2) is 0 Å². The van der Waals surface area contributed by atoms with Crippen LogP contribution in [-0.2, 0) is 15.0 Å². The molecular formula is C13H15NO3. The lowest BCUT2D eigenvalue weighted by atomic mass is 9.86. The van der Waals surface area contributed by atoms with Crippen molar-refractivity contribution in [3.63, 3.8) is 0 Å². The van der Waals surface area contributed by atoms with Crippen LogP contribution in [0.3, 0.4) is 0 Å². The molecule has 1 amide bonds. The van der Waals surface area contributed by atoms with Gasteiger partial charge in [-0.1, -0.05) is 0 Å². The molecule has 1 aliphatic rings. The molecule has 0 N–H and O–H groups in total.